The van der Waals surface area contributed by atoms with Gasteiger partial charge in [0.15, 0.2) is 24.6 Å². The Morgan fingerprint density at radius 3 is 2.31 bits per heavy atom. The number of anilines is 1. The molecule has 4 aliphatic rings. The smallest absolute Gasteiger partial charge is 0.216 e. The molecule has 51 heavy (non-hydrogen) atoms. The van der Waals surface area contributed by atoms with Crippen LogP contribution in [0.2, 0.25) is 13.1 Å². The van der Waals surface area contributed by atoms with Gasteiger partial charge >= 0.3 is 0 Å². The number of ketones is 1. The van der Waals surface area contributed by atoms with E-state index in [0.29, 0.717) is 76.0 Å². The van der Waals surface area contributed by atoms with E-state index in [9.17, 15) is 23.5 Å². The largest absolute Gasteiger partial charge is 0.545 e. The number of carbonyl (C=O) groups is 2. The highest BCUT2D eigenvalue weighted by Gasteiger charge is 2.42. The van der Waals surface area contributed by atoms with Crippen LogP contribution in [0.4, 0.5) is 14.5 Å². The maximum Gasteiger partial charge on any atom is 0.216 e. The molecule has 2 aromatic rings. The lowest BCUT2D eigenvalue weighted by atomic mass is 9.85. The third-order valence-corrected chi connectivity index (χ3v) is 14.2. The first-order valence-corrected chi connectivity index (χ1v) is 21.7. The highest BCUT2D eigenvalue weighted by molar-refractivity contribution is 6.98. The monoisotopic (exact) mass is 736 g/mol. The molecule has 2 aromatic carbocycles. The average molecular weight is 737 g/mol. The number of carboxylic acid groups (broad SMARTS) is 1. The molecule has 0 atom stereocenters. The number of allylic oxidation sites excluding steroid dienone is 5. The van der Waals surface area contributed by atoms with Gasteiger partial charge in [-0.3, -0.25) is 4.79 Å². The molecule has 1 aliphatic carbocycles. The van der Waals surface area contributed by atoms with Gasteiger partial charge in [0.2, 0.25) is 6.17 Å². The van der Waals surface area contributed by atoms with Crippen LogP contribution in [-0.2, 0) is 9.47 Å². The van der Waals surface area contributed by atoms with E-state index in [0.717, 1.165) is 64.2 Å². The number of hydrogen-bond donors (Lipinski definition) is 0. The van der Waals surface area contributed by atoms with Crippen LogP contribution in [0.15, 0.2) is 65.4 Å². The molecule has 0 spiro atoms. The summed E-state index contributed by atoms with van der Waals surface area (Å²) in [5, 5.41) is 14.8. The number of nitrogens with zero attached hydrogens (tertiary/aromatic N) is 2. The Morgan fingerprint density at radius 2 is 1.63 bits per heavy atom. The summed E-state index contributed by atoms with van der Waals surface area (Å²) in [7, 11) is -2.41. The third-order valence-electron chi connectivity index (χ3n) is 10.4. The number of hydrogen-bond acceptors (Lipinski definition) is 6. The fourth-order valence-electron chi connectivity index (χ4n) is 7.34. The Balaban J connectivity index is 1.25. The fourth-order valence-corrected chi connectivity index (χ4v) is 10.6. The second-order valence-electron chi connectivity index (χ2n) is 14.4. The number of unbranched alkanes of at least 4 members (excludes halogenated alkanes) is 3. The van der Waals surface area contributed by atoms with Gasteiger partial charge in [0.25, 0.3) is 0 Å². The van der Waals surface area contributed by atoms with Gasteiger partial charge in [-0.1, -0.05) is 44.1 Å². The van der Waals surface area contributed by atoms with Gasteiger partial charge in [-0.15, -0.1) is 11.6 Å². The maximum absolute atomic E-state index is 13.9. The first-order valence-electron chi connectivity index (χ1n) is 18.1. The third kappa shape index (κ3) is 8.30. The van der Waals surface area contributed by atoms with Gasteiger partial charge < -0.3 is 24.3 Å². The first-order chi connectivity index (χ1) is 24.6. The van der Waals surface area contributed by atoms with E-state index in [1.165, 1.54) is 6.07 Å². The molecule has 7 nitrogen and oxygen atoms in total. The highest BCUT2D eigenvalue weighted by Crippen LogP contribution is 2.43. The molecule has 11 heteroatoms. The topological polar surface area (TPSA) is 81.9 Å². The molecule has 0 unspecified atom stereocenters. The standard InChI is InChI=1S/C40H47ClF2N2O5Si/c1-51(2)37-21-30(44-23-28(42)24-44)10-13-33(37)39(34-14-11-31(22-38(34)51)45-25-29(43)26-45)35-20-27(9-12-32(35)40(47)48)36(46)8-7-17-50-19-18-49-16-6-4-3-5-15-41/h9-14,20-22,28-29H,3-8,15-19,23-26H2,1-2H3. The van der Waals surface area contributed by atoms with Crippen LogP contribution in [0.5, 0.6) is 0 Å². The molecule has 0 bridgehead atoms. The van der Waals surface area contributed by atoms with Crippen molar-refractivity contribution < 1.29 is 37.5 Å². The van der Waals surface area contributed by atoms with Gasteiger partial charge in [-0.25, -0.2) is 13.4 Å². The van der Waals surface area contributed by atoms with Crippen molar-refractivity contribution in [2.75, 3.05) is 63.4 Å². The summed E-state index contributed by atoms with van der Waals surface area (Å²) < 4.78 is 41.1. The average Bonchev–Trinajstić information content (AvgIpc) is 3.09. The zero-order chi connectivity index (χ0) is 36.1. The molecular formula is C40H47ClF2N2O5Si. The van der Waals surface area contributed by atoms with E-state index in [1.54, 1.807) is 12.1 Å². The van der Waals surface area contributed by atoms with Crippen LogP contribution in [0, 0.1) is 0 Å². The van der Waals surface area contributed by atoms with Crippen molar-refractivity contribution in [3.63, 3.8) is 0 Å². The summed E-state index contributed by atoms with van der Waals surface area (Å²) in [6.45, 7) is 7.94. The molecule has 6 rings (SSSR count). The SMILES string of the molecule is C[Si]1(C)C2=CC(=[N+]3CC(F)C3)C=CC2=C(c2cc(C(=O)CCCOCCOCCCCCCCl)ccc2C(=O)[O-])c2ccc(N3CC(F)C3)cc21. The Kier molecular flexibility index (Phi) is 12.1. The second kappa shape index (κ2) is 16.5. The molecule has 3 heterocycles. The van der Waals surface area contributed by atoms with Gasteiger partial charge in [0, 0.05) is 54.5 Å². The van der Waals surface area contributed by atoms with E-state index < -0.39 is 26.4 Å². The van der Waals surface area contributed by atoms with E-state index in [2.05, 4.69) is 25.2 Å². The summed E-state index contributed by atoms with van der Waals surface area (Å²) in [4.78, 5) is 28.1. The summed E-state index contributed by atoms with van der Waals surface area (Å²) >= 11 is 5.71. The molecule has 0 aromatic heterocycles. The summed E-state index contributed by atoms with van der Waals surface area (Å²) in [6, 6.07) is 10.8. The Labute approximate surface area is 305 Å². The van der Waals surface area contributed by atoms with Crippen molar-refractivity contribution in [1.82, 2.24) is 0 Å². The fraction of sp³-hybridized carbons (Fsp3) is 0.475. The van der Waals surface area contributed by atoms with E-state index >= 15 is 0 Å². The van der Waals surface area contributed by atoms with Gasteiger partial charge in [0.05, 0.1) is 32.3 Å². The second-order valence-corrected chi connectivity index (χ2v) is 19.1. The number of alkyl halides is 3. The van der Waals surface area contributed by atoms with Crippen molar-refractivity contribution in [3.05, 3.63) is 87.6 Å². The minimum absolute atomic E-state index is 0.00128. The van der Waals surface area contributed by atoms with Crippen molar-refractivity contribution in [2.24, 2.45) is 0 Å². The zero-order valence-electron chi connectivity index (χ0n) is 29.5. The van der Waals surface area contributed by atoms with Crippen LogP contribution < -0.4 is 15.2 Å². The zero-order valence-corrected chi connectivity index (χ0v) is 31.3. The number of benzene rings is 2. The van der Waals surface area contributed by atoms with Crippen molar-refractivity contribution in [1.29, 1.82) is 0 Å². The molecule has 0 radical (unpaired) electrons. The molecule has 2 saturated heterocycles. The molecular weight excluding hydrogens is 690 g/mol. The minimum Gasteiger partial charge on any atom is -0.545 e. The van der Waals surface area contributed by atoms with Crippen LogP contribution in [0.3, 0.4) is 0 Å². The minimum atomic E-state index is -2.41. The van der Waals surface area contributed by atoms with Crippen molar-refractivity contribution in [2.45, 2.75) is 64.0 Å². The number of ether oxygens (including phenoxy) is 2. The summed E-state index contributed by atoms with van der Waals surface area (Å²) in [5.41, 5.74) is 5.23. The number of Topliss-reactive ketones (excluding diaryl/α,β-unsaturated/α-hetero) is 1. The Morgan fingerprint density at radius 1 is 0.902 bits per heavy atom. The Hall–Kier alpha value is -3.44. The lowest BCUT2D eigenvalue weighted by Crippen LogP contribution is -2.52. The normalized spacial score (nSPS) is 19.4. The van der Waals surface area contributed by atoms with Gasteiger partial charge in [-0.05, 0) is 76.2 Å². The molecule has 0 saturated carbocycles. The molecule has 272 valence electrons. The van der Waals surface area contributed by atoms with Crippen LogP contribution >= 0.6 is 11.6 Å². The predicted molar refractivity (Wildman–Crippen MR) is 199 cm³/mol. The number of carboxylic acids is 1. The number of aromatic carboxylic acids is 1. The quantitative estimate of drug-likeness (QED) is 0.0695. The van der Waals surface area contributed by atoms with Crippen LogP contribution in [0.25, 0.3) is 5.57 Å². The van der Waals surface area contributed by atoms with Crippen molar-refractivity contribution >= 4 is 53.6 Å². The van der Waals surface area contributed by atoms with Crippen LogP contribution in [-0.4, -0.2) is 101 Å². The Bertz CT molecular complexity index is 1770. The lowest BCUT2D eigenvalue weighted by molar-refractivity contribution is -0.599. The highest BCUT2D eigenvalue weighted by atomic mass is 35.5. The number of halogens is 3. The van der Waals surface area contributed by atoms with E-state index in [-0.39, 0.29) is 17.8 Å². The lowest BCUT2D eigenvalue weighted by Gasteiger charge is -2.41. The summed E-state index contributed by atoms with van der Waals surface area (Å²) in [6.07, 6.45) is 9.41. The first kappa shape index (κ1) is 37.3. The predicted octanol–water partition coefficient (Wildman–Crippen LogP) is 5.58. The van der Waals surface area contributed by atoms with E-state index in [1.807, 2.05) is 33.8 Å². The van der Waals surface area contributed by atoms with Gasteiger partial charge in [-0.2, -0.15) is 0 Å². The van der Waals surface area contributed by atoms with Gasteiger partial charge in [0.1, 0.15) is 14.2 Å². The number of rotatable bonds is 17. The van der Waals surface area contributed by atoms with Crippen LogP contribution in [0.1, 0.15) is 70.4 Å². The summed E-state index contributed by atoms with van der Waals surface area (Å²) in [5.74, 6) is -0.738. The number of carbonyl (C=O) groups excluding carboxylic acids is 2. The maximum atomic E-state index is 13.9. The molecule has 3 aliphatic heterocycles. The van der Waals surface area contributed by atoms with Crippen molar-refractivity contribution in [3.8, 4) is 0 Å². The molecule has 0 amide bonds. The van der Waals surface area contributed by atoms with E-state index in [4.69, 9.17) is 21.1 Å². The molecule has 0 N–H and O–H groups in total. The molecule has 2 fully saturated rings. The number of fused-ring (bicyclic) bond motifs is 2.